The zero-order valence-electron chi connectivity index (χ0n) is 10.9. The minimum absolute atomic E-state index is 0.0431. The van der Waals surface area contributed by atoms with Gasteiger partial charge >= 0.3 is 0 Å². The summed E-state index contributed by atoms with van der Waals surface area (Å²) < 4.78 is 5.34. The molecule has 2 aromatic rings. The number of carbonyl (C=O) groups excluding carboxylic acids is 1. The van der Waals surface area contributed by atoms with Gasteiger partial charge in [0.2, 0.25) is 5.91 Å². The molecule has 1 unspecified atom stereocenters. The van der Waals surface area contributed by atoms with Crippen LogP contribution in [0, 0.1) is 0 Å². The second-order valence-corrected chi connectivity index (χ2v) is 5.46. The fourth-order valence-corrected chi connectivity index (χ4v) is 2.90. The predicted octanol–water partition coefficient (Wildman–Crippen LogP) is 2.00. The zero-order valence-corrected chi connectivity index (χ0v) is 11.7. The van der Waals surface area contributed by atoms with Crippen molar-refractivity contribution in [2.75, 3.05) is 6.61 Å². The summed E-state index contributed by atoms with van der Waals surface area (Å²) in [6.45, 7) is 1.12. The first kappa shape index (κ1) is 13.2. The minimum atomic E-state index is -0.286. The first-order valence-corrected chi connectivity index (χ1v) is 7.45. The average molecular weight is 289 g/mol. The number of aromatic nitrogens is 2. The van der Waals surface area contributed by atoms with Crippen molar-refractivity contribution in [3.8, 4) is 10.6 Å². The van der Waals surface area contributed by atoms with Crippen LogP contribution in [0.2, 0.25) is 0 Å². The lowest BCUT2D eigenvalue weighted by molar-refractivity contribution is -0.130. The highest BCUT2D eigenvalue weighted by atomic mass is 32.1. The molecule has 2 aromatic heterocycles. The fourth-order valence-electron chi connectivity index (χ4n) is 2.09. The third-order valence-electron chi connectivity index (χ3n) is 3.13. The lowest BCUT2D eigenvalue weighted by Gasteiger charge is -2.08. The number of ether oxygens (including phenoxy) is 1. The van der Waals surface area contributed by atoms with E-state index in [0.717, 1.165) is 29.1 Å². The van der Waals surface area contributed by atoms with Crippen LogP contribution in [0.1, 0.15) is 18.5 Å². The molecule has 1 saturated heterocycles. The topological polar surface area (TPSA) is 64.1 Å². The average Bonchev–Trinajstić information content (AvgIpc) is 3.17. The molecule has 0 aliphatic carbocycles. The zero-order chi connectivity index (χ0) is 13.8. The van der Waals surface area contributed by atoms with Crippen LogP contribution in [0.5, 0.6) is 0 Å². The SMILES string of the molecule is O=C(NCc1csc(-c2cccnc2)n1)C1CCCO1. The molecule has 1 N–H and O–H groups in total. The first-order chi connectivity index (χ1) is 9.83. The van der Waals surface area contributed by atoms with Crippen LogP contribution in [0.15, 0.2) is 29.9 Å². The maximum absolute atomic E-state index is 11.8. The van der Waals surface area contributed by atoms with E-state index >= 15 is 0 Å². The molecule has 3 rings (SSSR count). The van der Waals surface area contributed by atoms with E-state index in [1.165, 1.54) is 0 Å². The van der Waals surface area contributed by atoms with Gasteiger partial charge in [0.05, 0.1) is 12.2 Å². The van der Waals surface area contributed by atoms with Crippen LogP contribution in [-0.2, 0) is 16.1 Å². The summed E-state index contributed by atoms with van der Waals surface area (Å²) in [5.41, 5.74) is 1.86. The highest BCUT2D eigenvalue weighted by Gasteiger charge is 2.23. The molecule has 0 aromatic carbocycles. The molecular formula is C14H15N3O2S. The van der Waals surface area contributed by atoms with Crippen molar-refractivity contribution in [2.24, 2.45) is 0 Å². The molecule has 20 heavy (non-hydrogen) atoms. The summed E-state index contributed by atoms with van der Waals surface area (Å²) in [5.74, 6) is -0.0431. The Bertz CT molecular complexity index is 579. The maximum atomic E-state index is 11.8. The lowest BCUT2D eigenvalue weighted by atomic mass is 10.2. The van der Waals surface area contributed by atoms with Gasteiger partial charge in [-0.05, 0) is 25.0 Å². The minimum Gasteiger partial charge on any atom is -0.368 e. The number of rotatable bonds is 4. The van der Waals surface area contributed by atoms with Crippen molar-refractivity contribution in [3.05, 3.63) is 35.6 Å². The van der Waals surface area contributed by atoms with Crippen LogP contribution in [-0.4, -0.2) is 28.6 Å². The third kappa shape index (κ3) is 3.02. The van der Waals surface area contributed by atoms with Crippen molar-refractivity contribution >= 4 is 17.2 Å². The molecule has 1 fully saturated rings. The molecule has 104 valence electrons. The molecule has 1 aliphatic rings. The van der Waals surface area contributed by atoms with Crippen molar-refractivity contribution in [2.45, 2.75) is 25.5 Å². The van der Waals surface area contributed by atoms with Gasteiger partial charge in [-0.15, -0.1) is 11.3 Å². The Balaban J connectivity index is 1.59. The molecule has 1 atom stereocenters. The van der Waals surface area contributed by atoms with Gasteiger partial charge in [0.15, 0.2) is 0 Å². The van der Waals surface area contributed by atoms with E-state index in [2.05, 4.69) is 15.3 Å². The van der Waals surface area contributed by atoms with E-state index in [1.807, 2.05) is 17.5 Å². The summed E-state index contributed by atoms with van der Waals surface area (Å²) >= 11 is 1.55. The quantitative estimate of drug-likeness (QED) is 0.935. The van der Waals surface area contributed by atoms with E-state index in [1.54, 1.807) is 23.7 Å². The van der Waals surface area contributed by atoms with Crippen LogP contribution in [0.25, 0.3) is 10.6 Å². The monoisotopic (exact) mass is 289 g/mol. The number of hydrogen-bond donors (Lipinski definition) is 1. The fraction of sp³-hybridized carbons (Fsp3) is 0.357. The van der Waals surface area contributed by atoms with E-state index in [4.69, 9.17) is 4.74 Å². The Hall–Kier alpha value is -1.79. The summed E-state index contributed by atoms with van der Waals surface area (Å²) in [4.78, 5) is 20.4. The second kappa shape index (κ2) is 6.11. The van der Waals surface area contributed by atoms with E-state index in [0.29, 0.717) is 13.2 Å². The number of hydrogen-bond acceptors (Lipinski definition) is 5. The predicted molar refractivity (Wildman–Crippen MR) is 76.2 cm³/mol. The normalized spacial score (nSPS) is 18.1. The second-order valence-electron chi connectivity index (χ2n) is 4.61. The number of nitrogens with zero attached hydrogens (tertiary/aromatic N) is 2. The van der Waals surface area contributed by atoms with Gasteiger partial charge in [0.25, 0.3) is 0 Å². The number of carbonyl (C=O) groups is 1. The Morgan fingerprint density at radius 2 is 2.50 bits per heavy atom. The van der Waals surface area contributed by atoms with Gasteiger partial charge in [-0.2, -0.15) is 0 Å². The Morgan fingerprint density at radius 1 is 1.55 bits per heavy atom. The molecule has 0 bridgehead atoms. The maximum Gasteiger partial charge on any atom is 0.249 e. The van der Waals surface area contributed by atoms with Crippen molar-refractivity contribution in [3.63, 3.8) is 0 Å². The molecule has 1 aliphatic heterocycles. The van der Waals surface area contributed by atoms with Gasteiger partial charge in [0.1, 0.15) is 11.1 Å². The van der Waals surface area contributed by atoms with Crippen LogP contribution in [0.3, 0.4) is 0 Å². The van der Waals surface area contributed by atoms with Crippen LogP contribution < -0.4 is 5.32 Å². The van der Waals surface area contributed by atoms with Gasteiger partial charge in [-0.25, -0.2) is 4.98 Å². The lowest BCUT2D eigenvalue weighted by Crippen LogP contribution is -2.33. The molecule has 0 radical (unpaired) electrons. The summed E-state index contributed by atoms with van der Waals surface area (Å²) in [7, 11) is 0. The van der Waals surface area contributed by atoms with Gasteiger partial charge in [-0.1, -0.05) is 0 Å². The standard InChI is InChI=1S/C14H15N3O2S/c18-13(12-4-2-6-19-12)16-8-11-9-20-14(17-11)10-3-1-5-15-7-10/h1,3,5,7,9,12H,2,4,6,8H2,(H,16,18). The first-order valence-electron chi connectivity index (χ1n) is 6.57. The molecule has 6 heteroatoms. The molecule has 0 saturated carbocycles. The highest BCUT2D eigenvalue weighted by Crippen LogP contribution is 2.22. The number of thiazole rings is 1. The molecule has 3 heterocycles. The number of nitrogens with one attached hydrogen (secondary N) is 1. The molecule has 0 spiro atoms. The van der Waals surface area contributed by atoms with Crippen LogP contribution >= 0.6 is 11.3 Å². The summed E-state index contributed by atoms with van der Waals surface area (Å²) in [5, 5.41) is 5.74. The van der Waals surface area contributed by atoms with E-state index in [-0.39, 0.29) is 12.0 Å². The van der Waals surface area contributed by atoms with Crippen molar-refractivity contribution < 1.29 is 9.53 Å². The summed E-state index contributed by atoms with van der Waals surface area (Å²) in [6.07, 6.45) is 5.00. The van der Waals surface area contributed by atoms with Crippen molar-refractivity contribution in [1.82, 2.24) is 15.3 Å². The van der Waals surface area contributed by atoms with E-state index < -0.39 is 0 Å². The highest BCUT2D eigenvalue weighted by molar-refractivity contribution is 7.13. The van der Waals surface area contributed by atoms with E-state index in [9.17, 15) is 4.79 Å². The Morgan fingerprint density at radius 3 is 3.25 bits per heavy atom. The third-order valence-corrected chi connectivity index (χ3v) is 4.07. The van der Waals surface area contributed by atoms with Gasteiger partial charge in [0, 0.05) is 29.9 Å². The molecule has 1 amide bonds. The summed E-state index contributed by atoms with van der Waals surface area (Å²) in [6, 6.07) is 3.86. The molecule has 5 nitrogen and oxygen atoms in total. The smallest absolute Gasteiger partial charge is 0.249 e. The van der Waals surface area contributed by atoms with Gasteiger partial charge in [-0.3, -0.25) is 9.78 Å². The number of pyridine rings is 1. The Kier molecular flexibility index (Phi) is 4.03. The Labute approximate surface area is 121 Å². The molecular weight excluding hydrogens is 274 g/mol. The van der Waals surface area contributed by atoms with Crippen molar-refractivity contribution in [1.29, 1.82) is 0 Å². The van der Waals surface area contributed by atoms with Crippen LogP contribution in [0.4, 0.5) is 0 Å². The number of amides is 1. The largest absolute Gasteiger partial charge is 0.368 e. The van der Waals surface area contributed by atoms with Gasteiger partial charge < -0.3 is 10.1 Å².